The van der Waals surface area contributed by atoms with Crippen molar-refractivity contribution >= 4 is 22.6 Å². The standard InChI is InChI=1S/C22H26N4O3/c1-5-26-20(13-19(25-26)14(2)3)22(28)24-23-21(27)15(4)29-18-11-10-16-8-6-7-9-17(16)12-18/h6-15H,5H2,1-4H3,(H,23,27)(H,24,28). The SMILES string of the molecule is CCn1nc(C(C)C)cc1C(=O)NNC(=O)C(C)Oc1ccc2ccccc2c1. The topological polar surface area (TPSA) is 85.3 Å². The van der Waals surface area contributed by atoms with E-state index >= 15 is 0 Å². The Hall–Kier alpha value is -3.35. The molecule has 0 radical (unpaired) electrons. The van der Waals surface area contributed by atoms with Crippen molar-refractivity contribution in [2.45, 2.75) is 46.3 Å². The van der Waals surface area contributed by atoms with Gasteiger partial charge < -0.3 is 4.74 Å². The average Bonchev–Trinajstić information content (AvgIpc) is 3.16. The molecule has 2 aromatic carbocycles. The van der Waals surface area contributed by atoms with Gasteiger partial charge in [-0.25, -0.2) is 0 Å². The molecule has 152 valence electrons. The number of hydrazine groups is 1. The first-order valence-corrected chi connectivity index (χ1v) is 9.72. The number of rotatable bonds is 6. The minimum Gasteiger partial charge on any atom is -0.481 e. The normalized spacial score (nSPS) is 12.0. The second-order valence-corrected chi connectivity index (χ2v) is 7.14. The van der Waals surface area contributed by atoms with Crippen LogP contribution in [-0.4, -0.2) is 27.7 Å². The van der Waals surface area contributed by atoms with Crippen LogP contribution in [0.1, 0.15) is 49.8 Å². The molecule has 0 fully saturated rings. The number of nitrogens with zero attached hydrogens (tertiary/aromatic N) is 2. The van der Waals surface area contributed by atoms with Gasteiger partial charge >= 0.3 is 0 Å². The Morgan fingerprint density at radius 1 is 1.03 bits per heavy atom. The molecule has 3 aromatic rings. The van der Waals surface area contributed by atoms with Crippen molar-refractivity contribution in [3.63, 3.8) is 0 Å². The van der Waals surface area contributed by atoms with Crippen LogP contribution in [0.3, 0.4) is 0 Å². The summed E-state index contributed by atoms with van der Waals surface area (Å²) in [6, 6.07) is 15.3. The Morgan fingerprint density at radius 3 is 2.45 bits per heavy atom. The molecule has 7 heteroatoms. The Bertz CT molecular complexity index is 1030. The number of carbonyl (C=O) groups is 2. The van der Waals surface area contributed by atoms with Crippen LogP contribution in [0.4, 0.5) is 0 Å². The second kappa shape index (κ2) is 8.77. The van der Waals surface area contributed by atoms with Crippen molar-refractivity contribution in [3.8, 4) is 5.75 Å². The monoisotopic (exact) mass is 394 g/mol. The van der Waals surface area contributed by atoms with Crippen LogP contribution in [0.2, 0.25) is 0 Å². The van der Waals surface area contributed by atoms with E-state index in [9.17, 15) is 9.59 Å². The summed E-state index contributed by atoms with van der Waals surface area (Å²) in [6.45, 7) is 8.12. The maximum Gasteiger partial charge on any atom is 0.287 e. The number of benzene rings is 2. The quantitative estimate of drug-likeness (QED) is 0.628. The predicted molar refractivity (Wildman–Crippen MR) is 112 cm³/mol. The van der Waals surface area contributed by atoms with E-state index in [4.69, 9.17) is 4.74 Å². The zero-order chi connectivity index (χ0) is 21.0. The molecule has 0 saturated carbocycles. The van der Waals surface area contributed by atoms with Crippen LogP contribution in [0.5, 0.6) is 5.75 Å². The summed E-state index contributed by atoms with van der Waals surface area (Å²) in [6.07, 6.45) is -0.779. The highest BCUT2D eigenvalue weighted by Gasteiger charge is 2.19. The van der Waals surface area contributed by atoms with Gasteiger partial charge in [-0.1, -0.05) is 44.2 Å². The van der Waals surface area contributed by atoms with E-state index in [0.717, 1.165) is 16.5 Å². The molecule has 29 heavy (non-hydrogen) atoms. The molecule has 0 aliphatic heterocycles. The highest BCUT2D eigenvalue weighted by atomic mass is 16.5. The molecule has 1 heterocycles. The van der Waals surface area contributed by atoms with E-state index in [-0.39, 0.29) is 5.92 Å². The number of ether oxygens (including phenoxy) is 1. The van der Waals surface area contributed by atoms with Gasteiger partial charge in [-0.3, -0.25) is 25.1 Å². The van der Waals surface area contributed by atoms with E-state index in [1.807, 2.05) is 63.2 Å². The van der Waals surface area contributed by atoms with Crippen molar-refractivity contribution in [1.29, 1.82) is 0 Å². The minimum atomic E-state index is -0.779. The molecule has 2 amide bonds. The molecule has 1 unspecified atom stereocenters. The first-order valence-electron chi connectivity index (χ1n) is 9.72. The molecule has 1 aromatic heterocycles. The fourth-order valence-electron chi connectivity index (χ4n) is 2.93. The summed E-state index contributed by atoms with van der Waals surface area (Å²) in [5.41, 5.74) is 6.10. The molecule has 2 N–H and O–H groups in total. The van der Waals surface area contributed by atoms with Crippen LogP contribution in [0.25, 0.3) is 10.8 Å². The van der Waals surface area contributed by atoms with Crippen LogP contribution in [0, 0.1) is 0 Å². The maximum atomic E-state index is 12.5. The molecule has 0 aliphatic carbocycles. The fraction of sp³-hybridized carbons (Fsp3) is 0.318. The molecular formula is C22H26N4O3. The van der Waals surface area contributed by atoms with Crippen molar-refractivity contribution in [1.82, 2.24) is 20.6 Å². The van der Waals surface area contributed by atoms with Gasteiger partial charge in [-0.15, -0.1) is 0 Å². The Labute approximate surface area is 170 Å². The predicted octanol–water partition coefficient (Wildman–Crippen LogP) is 3.41. The Balaban J connectivity index is 1.60. The number of aryl methyl sites for hydroxylation is 1. The van der Waals surface area contributed by atoms with Gasteiger partial charge in [-0.2, -0.15) is 5.10 Å². The summed E-state index contributed by atoms with van der Waals surface area (Å²) in [4.78, 5) is 24.8. The Morgan fingerprint density at radius 2 is 1.76 bits per heavy atom. The lowest BCUT2D eigenvalue weighted by Gasteiger charge is -2.15. The third-order valence-corrected chi connectivity index (χ3v) is 4.62. The number of hydrogen-bond donors (Lipinski definition) is 2. The van der Waals surface area contributed by atoms with Gasteiger partial charge in [0.25, 0.3) is 11.8 Å². The number of hydrogen-bond acceptors (Lipinski definition) is 4. The number of fused-ring (bicyclic) bond motifs is 1. The lowest BCUT2D eigenvalue weighted by atomic mass is 10.1. The highest BCUT2D eigenvalue weighted by molar-refractivity contribution is 5.94. The van der Waals surface area contributed by atoms with Crippen LogP contribution in [0.15, 0.2) is 48.5 Å². The summed E-state index contributed by atoms with van der Waals surface area (Å²) in [7, 11) is 0. The van der Waals surface area contributed by atoms with Crippen molar-refractivity contribution in [2.75, 3.05) is 0 Å². The lowest BCUT2D eigenvalue weighted by molar-refractivity contribution is -0.128. The van der Waals surface area contributed by atoms with E-state index in [2.05, 4.69) is 16.0 Å². The van der Waals surface area contributed by atoms with E-state index in [1.165, 1.54) is 0 Å². The van der Waals surface area contributed by atoms with E-state index in [0.29, 0.717) is 18.0 Å². The molecule has 0 saturated heterocycles. The first-order chi connectivity index (χ1) is 13.9. The van der Waals surface area contributed by atoms with Crippen LogP contribution < -0.4 is 15.6 Å². The summed E-state index contributed by atoms with van der Waals surface area (Å²) in [5.74, 6) is -0.0710. The zero-order valence-corrected chi connectivity index (χ0v) is 17.1. The molecule has 1 atom stereocenters. The van der Waals surface area contributed by atoms with Gasteiger partial charge in [0.15, 0.2) is 6.10 Å². The molecular weight excluding hydrogens is 368 g/mol. The maximum absolute atomic E-state index is 12.5. The highest BCUT2D eigenvalue weighted by Crippen LogP contribution is 2.21. The average molecular weight is 394 g/mol. The fourth-order valence-corrected chi connectivity index (χ4v) is 2.93. The smallest absolute Gasteiger partial charge is 0.287 e. The third-order valence-electron chi connectivity index (χ3n) is 4.62. The first kappa shape index (κ1) is 20.4. The lowest BCUT2D eigenvalue weighted by Crippen LogP contribution is -2.47. The zero-order valence-electron chi connectivity index (χ0n) is 17.1. The van der Waals surface area contributed by atoms with Crippen molar-refractivity contribution in [3.05, 3.63) is 59.9 Å². The molecule has 0 spiro atoms. The van der Waals surface area contributed by atoms with Crippen molar-refractivity contribution < 1.29 is 14.3 Å². The van der Waals surface area contributed by atoms with Crippen molar-refractivity contribution in [2.24, 2.45) is 0 Å². The molecule has 7 nitrogen and oxygen atoms in total. The van der Waals surface area contributed by atoms with Gasteiger partial charge in [0.1, 0.15) is 11.4 Å². The molecule has 3 rings (SSSR count). The summed E-state index contributed by atoms with van der Waals surface area (Å²) < 4.78 is 7.34. The van der Waals surface area contributed by atoms with Crippen LogP contribution in [-0.2, 0) is 11.3 Å². The summed E-state index contributed by atoms with van der Waals surface area (Å²) >= 11 is 0. The van der Waals surface area contributed by atoms with Gasteiger partial charge in [0.05, 0.1) is 5.69 Å². The second-order valence-electron chi connectivity index (χ2n) is 7.14. The molecule has 0 aliphatic rings. The minimum absolute atomic E-state index is 0.208. The van der Waals surface area contributed by atoms with Gasteiger partial charge in [0, 0.05) is 6.54 Å². The number of carbonyl (C=O) groups excluding carboxylic acids is 2. The third kappa shape index (κ3) is 4.74. The van der Waals surface area contributed by atoms with Crippen LogP contribution >= 0.6 is 0 Å². The van der Waals surface area contributed by atoms with Gasteiger partial charge in [-0.05, 0) is 48.7 Å². The summed E-state index contributed by atoms with van der Waals surface area (Å²) in [5, 5.41) is 6.53. The van der Waals surface area contributed by atoms with Gasteiger partial charge in [0.2, 0.25) is 0 Å². The number of aromatic nitrogens is 2. The van der Waals surface area contributed by atoms with E-state index < -0.39 is 17.9 Å². The Kier molecular flexibility index (Phi) is 6.16. The number of amides is 2. The molecule has 0 bridgehead atoms. The number of nitrogens with one attached hydrogen (secondary N) is 2. The van der Waals surface area contributed by atoms with E-state index in [1.54, 1.807) is 17.7 Å². The largest absolute Gasteiger partial charge is 0.481 e.